The smallest absolute Gasteiger partial charge is 0.251 e. The largest absolute Gasteiger partial charge is 0.396 e. The van der Waals surface area contributed by atoms with Crippen molar-refractivity contribution in [3.8, 4) is 0 Å². The van der Waals surface area contributed by atoms with Crippen LogP contribution >= 0.6 is 11.6 Å². The highest BCUT2D eigenvalue weighted by Crippen LogP contribution is 2.15. The standard InChI is InChI=1S/C12H16ClNO2/c1-9-4-5-10(13)8-11(9)12(16)14-6-2-3-7-15/h4-5,8,15H,2-3,6-7H2,1H3,(H,14,16). The van der Waals surface area contributed by atoms with Gasteiger partial charge in [-0.2, -0.15) is 0 Å². The number of unbranched alkanes of at least 4 members (excludes halogenated alkanes) is 1. The fourth-order valence-electron chi connectivity index (χ4n) is 1.37. The van der Waals surface area contributed by atoms with E-state index in [2.05, 4.69) is 5.32 Å². The molecule has 1 rings (SSSR count). The van der Waals surface area contributed by atoms with E-state index in [4.69, 9.17) is 16.7 Å². The van der Waals surface area contributed by atoms with E-state index >= 15 is 0 Å². The molecule has 1 aromatic rings. The number of aryl methyl sites for hydroxylation is 1. The van der Waals surface area contributed by atoms with Gasteiger partial charge in [-0.05, 0) is 37.5 Å². The Hall–Kier alpha value is -1.06. The first-order chi connectivity index (χ1) is 7.65. The van der Waals surface area contributed by atoms with E-state index in [1.54, 1.807) is 12.1 Å². The summed E-state index contributed by atoms with van der Waals surface area (Å²) in [4.78, 5) is 11.7. The molecule has 0 radical (unpaired) electrons. The van der Waals surface area contributed by atoms with Crippen molar-refractivity contribution in [2.75, 3.05) is 13.2 Å². The third-order valence-corrected chi connectivity index (χ3v) is 2.55. The molecule has 0 atom stereocenters. The summed E-state index contributed by atoms with van der Waals surface area (Å²) < 4.78 is 0. The van der Waals surface area contributed by atoms with Gasteiger partial charge < -0.3 is 10.4 Å². The van der Waals surface area contributed by atoms with Crippen LogP contribution < -0.4 is 5.32 Å². The van der Waals surface area contributed by atoms with Crippen LogP contribution in [0.25, 0.3) is 0 Å². The van der Waals surface area contributed by atoms with Gasteiger partial charge in [0.2, 0.25) is 0 Å². The number of benzene rings is 1. The number of carbonyl (C=O) groups excluding carboxylic acids is 1. The molecule has 0 aliphatic rings. The first kappa shape index (κ1) is 13.0. The minimum absolute atomic E-state index is 0.113. The van der Waals surface area contributed by atoms with Crippen molar-refractivity contribution in [3.63, 3.8) is 0 Å². The number of carbonyl (C=O) groups is 1. The molecule has 1 aromatic carbocycles. The van der Waals surface area contributed by atoms with Crippen molar-refractivity contribution in [2.45, 2.75) is 19.8 Å². The Balaban J connectivity index is 2.55. The van der Waals surface area contributed by atoms with Crippen molar-refractivity contribution in [1.82, 2.24) is 5.32 Å². The predicted octanol–water partition coefficient (Wildman–Crippen LogP) is 2.15. The topological polar surface area (TPSA) is 49.3 Å². The van der Waals surface area contributed by atoms with Gasteiger partial charge in [-0.25, -0.2) is 0 Å². The Bertz CT molecular complexity index is 366. The summed E-state index contributed by atoms with van der Waals surface area (Å²) in [6.07, 6.45) is 1.48. The van der Waals surface area contributed by atoms with Gasteiger partial charge in [0.15, 0.2) is 0 Å². The molecule has 4 heteroatoms. The predicted molar refractivity (Wildman–Crippen MR) is 64.8 cm³/mol. The van der Waals surface area contributed by atoms with Gasteiger partial charge in [-0.1, -0.05) is 17.7 Å². The number of aliphatic hydroxyl groups excluding tert-OH is 1. The molecule has 3 nitrogen and oxygen atoms in total. The minimum atomic E-state index is -0.113. The summed E-state index contributed by atoms with van der Waals surface area (Å²) in [5, 5.41) is 12.0. The number of hydrogen-bond acceptors (Lipinski definition) is 2. The molecule has 0 heterocycles. The Morgan fingerprint density at radius 1 is 1.44 bits per heavy atom. The van der Waals surface area contributed by atoms with Gasteiger partial charge in [-0.15, -0.1) is 0 Å². The highest BCUT2D eigenvalue weighted by atomic mass is 35.5. The number of aliphatic hydroxyl groups is 1. The third-order valence-electron chi connectivity index (χ3n) is 2.31. The van der Waals surface area contributed by atoms with Crippen molar-refractivity contribution in [2.24, 2.45) is 0 Å². The summed E-state index contributed by atoms with van der Waals surface area (Å²) in [6.45, 7) is 2.61. The maximum Gasteiger partial charge on any atom is 0.251 e. The van der Waals surface area contributed by atoms with Crippen molar-refractivity contribution in [1.29, 1.82) is 0 Å². The van der Waals surface area contributed by atoms with Gasteiger partial charge in [0.05, 0.1) is 0 Å². The van der Waals surface area contributed by atoms with E-state index in [0.29, 0.717) is 23.6 Å². The quantitative estimate of drug-likeness (QED) is 0.776. The molecule has 0 saturated carbocycles. The molecule has 0 aromatic heterocycles. The second-order valence-corrected chi connectivity index (χ2v) is 4.08. The summed E-state index contributed by atoms with van der Waals surface area (Å²) >= 11 is 5.83. The van der Waals surface area contributed by atoms with Crippen LogP contribution in [0, 0.1) is 6.92 Å². The third kappa shape index (κ3) is 3.83. The van der Waals surface area contributed by atoms with Crippen LogP contribution in [-0.4, -0.2) is 24.2 Å². The lowest BCUT2D eigenvalue weighted by Crippen LogP contribution is -2.25. The van der Waals surface area contributed by atoms with Crippen LogP contribution in [0.3, 0.4) is 0 Å². The molecular weight excluding hydrogens is 226 g/mol. The molecule has 16 heavy (non-hydrogen) atoms. The second-order valence-electron chi connectivity index (χ2n) is 3.65. The SMILES string of the molecule is Cc1ccc(Cl)cc1C(=O)NCCCCO. The first-order valence-electron chi connectivity index (χ1n) is 5.30. The Kier molecular flexibility index (Phi) is 5.29. The van der Waals surface area contributed by atoms with Crippen LogP contribution in [-0.2, 0) is 0 Å². The Morgan fingerprint density at radius 2 is 2.19 bits per heavy atom. The normalized spacial score (nSPS) is 10.2. The molecule has 0 aliphatic heterocycles. The summed E-state index contributed by atoms with van der Waals surface area (Å²) in [5.74, 6) is -0.113. The maximum absolute atomic E-state index is 11.7. The molecule has 0 bridgehead atoms. The molecule has 0 fully saturated rings. The zero-order chi connectivity index (χ0) is 12.0. The van der Waals surface area contributed by atoms with Gasteiger partial charge in [0.1, 0.15) is 0 Å². The molecule has 1 amide bonds. The van der Waals surface area contributed by atoms with Crippen LogP contribution in [0.5, 0.6) is 0 Å². The fraction of sp³-hybridized carbons (Fsp3) is 0.417. The van der Waals surface area contributed by atoms with Gasteiger partial charge in [0, 0.05) is 23.7 Å². The lowest BCUT2D eigenvalue weighted by Gasteiger charge is -2.07. The van der Waals surface area contributed by atoms with E-state index in [-0.39, 0.29) is 12.5 Å². The van der Waals surface area contributed by atoms with Gasteiger partial charge >= 0.3 is 0 Å². The number of halogens is 1. The monoisotopic (exact) mass is 241 g/mol. The fourth-order valence-corrected chi connectivity index (χ4v) is 1.54. The average Bonchev–Trinajstić information content (AvgIpc) is 2.27. The number of hydrogen-bond donors (Lipinski definition) is 2. The molecule has 0 spiro atoms. The maximum atomic E-state index is 11.7. The number of amides is 1. The van der Waals surface area contributed by atoms with Crippen molar-refractivity contribution in [3.05, 3.63) is 34.3 Å². The van der Waals surface area contributed by atoms with Crippen LogP contribution in [0.2, 0.25) is 5.02 Å². The van der Waals surface area contributed by atoms with Crippen LogP contribution in [0.15, 0.2) is 18.2 Å². The zero-order valence-electron chi connectivity index (χ0n) is 9.29. The van der Waals surface area contributed by atoms with Gasteiger partial charge in [-0.3, -0.25) is 4.79 Å². The molecule has 0 aliphatic carbocycles. The summed E-state index contributed by atoms with van der Waals surface area (Å²) in [5.41, 5.74) is 1.51. The van der Waals surface area contributed by atoms with Crippen molar-refractivity contribution >= 4 is 17.5 Å². The first-order valence-corrected chi connectivity index (χ1v) is 5.68. The number of nitrogens with one attached hydrogen (secondary N) is 1. The molecule has 2 N–H and O–H groups in total. The summed E-state index contributed by atoms with van der Waals surface area (Å²) in [7, 11) is 0. The second kappa shape index (κ2) is 6.51. The molecule has 0 unspecified atom stereocenters. The Labute approximate surface area is 100 Å². The van der Waals surface area contributed by atoms with E-state index in [0.717, 1.165) is 12.0 Å². The highest BCUT2D eigenvalue weighted by Gasteiger charge is 2.08. The minimum Gasteiger partial charge on any atom is -0.396 e. The van der Waals surface area contributed by atoms with Crippen LogP contribution in [0.4, 0.5) is 0 Å². The van der Waals surface area contributed by atoms with Gasteiger partial charge in [0.25, 0.3) is 5.91 Å². The van der Waals surface area contributed by atoms with E-state index in [1.165, 1.54) is 0 Å². The average molecular weight is 242 g/mol. The van der Waals surface area contributed by atoms with E-state index in [1.807, 2.05) is 13.0 Å². The lowest BCUT2D eigenvalue weighted by molar-refractivity contribution is 0.0951. The van der Waals surface area contributed by atoms with E-state index in [9.17, 15) is 4.79 Å². The lowest BCUT2D eigenvalue weighted by atomic mass is 10.1. The molecule has 0 saturated heterocycles. The molecule has 88 valence electrons. The van der Waals surface area contributed by atoms with Crippen LogP contribution in [0.1, 0.15) is 28.8 Å². The Morgan fingerprint density at radius 3 is 2.88 bits per heavy atom. The molecular formula is C12H16ClNO2. The van der Waals surface area contributed by atoms with E-state index < -0.39 is 0 Å². The highest BCUT2D eigenvalue weighted by molar-refractivity contribution is 6.31. The summed E-state index contributed by atoms with van der Waals surface area (Å²) in [6, 6.07) is 5.25. The van der Waals surface area contributed by atoms with Crippen molar-refractivity contribution < 1.29 is 9.90 Å². The zero-order valence-corrected chi connectivity index (χ0v) is 10.0. The number of rotatable bonds is 5.